The van der Waals surface area contributed by atoms with Crippen molar-refractivity contribution in [3.8, 4) is 0 Å². The molecule has 3 saturated heterocycles. The summed E-state index contributed by atoms with van der Waals surface area (Å²) < 4.78 is 48.3. The minimum absolute atomic E-state index is 0.176. The molecule has 1 N–H and O–H groups in total. The quantitative estimate of drug-likeness (QED) is 0.236. The molecule has 4 aliphatic heterocycles. The Balaban J connectivity index is 0.000000129. The van der Waals surface area contributed by atoms with Crippen LogP contribution in [-0.4, -0.2) is 81.4 Å². The molecule has 3 fully saturated rings. The van der Waals surface area contributed by atoms with E-state index < -0.39 is 10.1 Å². The van der Waals surface area contributed by atoms with Gasteiger partial charge in [-0.25, -0.2) is 0 Å². The number of nitrogens with zero attached hydrogens (tertiary/aromatic N) is 3. The lowest BCUT2D eigenvalue weighted by Gasteiger charge is -2.10. The smallest absolute Gasteiger partial charge is 0.297 e. The fourth-order valence-corrected chi connectivity index (χ4v) is 7.00. The monoisotopic (exact) mass is 791 g/mol. The molecule has 0 amide bonds. The summed E-state index contributed by atoms with van der Waals surface area (Å²) in [4.78, 5) is 4.35. The first kappa shape index (κ1) is 35.8. The van der Waals surface area contributed by atoms with Crippen molar-refractivity contribution in [1.29, 1.82) is 0 Å². The van der Waals surface area contributed by atoms with Gasteiger partial charge >= 0.3 is 0 Å². The maximum Gasteiger partial charge on any atom is 0.297 e. The van der Waals surface area contributed by atoms with Gasteiger partial charge in [-0.3, -0.25) is 13.9 Å². The van der Waals surface area contributed by atoms with Crippen LogP contribution < -0.4 is 0 Å². The van der Waals surface area contributed by atoms with Crippen LogP contribution in [0.1, 0.15) is 42.0 Å². The van der Waals surface area contributed by atoms with Crippen molar-refractivity contribution in [3.05, 3.63) is 92.5 Å². The topological polar surface area (TPSA) is 121 Å². The van der Waals surface area contributed by atoms with E-state index >= 15 is 0 Å². The second-order valence-corrected chi connectivity index (χ2v) is 14.9. The van der Waals surface area contributed by atoms with Crippen LogP contribution in [0.4, 0.5) is 0 Å². The molecule has 252 valence electrons. The summed E-state index contributed by atoms with van der Waals surface area (Å²) in [6.07, 6.45) is 5.83. The van der Waals surface area contributed by atoms with Gasteiger partial charge in [-0.05, 0) is 73.4 Å². The average Bonchev–Trinajstić information content (AvgIpc) is 3.89. The lowest BCUT2D eigenvalue weighted by atomic mass is 10.1. The molecule has 0 spiro atoms. The van der Waals surface area contributed by atoms with E-state index in [1.807, 2.05) is 25.4 Å². The van der Waals surface area contributed by atoms with Crippen LogP contribution in [0.5, 0.6) is 0 Å². The minimum atomic E-state index is -3.64. The molecule has 13 heteroatoms. The van der Waals surface area contributed by atoms with Crippen LogP contribution in [0.2, 0.25) is 0 Å². The summed E-state index contributed by atoms with van der Waals surface area (Å²) in [5, 5.41) is 14.2. The lowest BCUT2D eigenvalue weighted by Crippen LogP contribution is -2.18. The van der Waals surface area contributed by atoms with E-state index in [1.165, 1.54) is 22.0 Å². The summed E-state index contributed by atoms with van der Waals surface area (Å²) >= 11 is 6.87. The Morgan fingerprint density at radius 3 is 2.23 bits per heavy atom. The highest BCUT2D eigenvalue weighted by Gasteiger charge is 2.25. The molecule has 4 aliphatic rings. The number of fused-ring (bicyclic) bond motifs is 2. The van der Waals surface area contributed by atoms with Crippen LogP contribution in [0.25, 0.3) is 10.9 Å². The van der Waals surface area contributed by atoms with Crippen LogP contribution >= 0.6 is 31.9 Å². The first-order chi connectivity index (χ1) is 22.7. The first-order valence-electron chi connectivity index (χ1n) is 15.5. The Bertz CT molecular complexity index is 1730. The molecule has 0 unspecified atom stereocenters. The fraction of sp³-hybridized carbons (Fsp3) is 0.412. The largest absolute Gasteiger partial charge is 0.391 e. The Morgan fingerprint density at radius 2 is 1.57 bits per heavy atom. The van der Waals surface area contributed by atoms with Gasteiger partial charge in [-0.2, -0.15) is 13.5 Å². The van der Waals surface area contributed by atoms with Gasteiger partial charge in [0.25, 0.3) is 10.1 Å². The predicted molar refractivity (Wildman–Crippen MR) is 187 cm³/mol. The third kappa shape index (κ3) is 10.5. The van der Waals surface area contributed by atoms with Gasteiger partial charge in [0.05, 0.1) is 55.1 Å². The molecule has 0 radical (unpaired) electrons. The van der Waals surface area contributed by atoms with Gasteiger partial charge in [-0.1, -0.05) is 55.6 Å². The number of halogens is 2. The fourth-order valence-electron chi connectivity index (χ4n) is 5.15. The maximum absolute atomic E-state index is 11.8. The Morgan fingerprint density at radius 1 is 0.872 bits per heavy atom. The number of aryl methyl sites for hydroxylation is 1. The van der Waals surface area contributed by atoms with E-state index in [0.29, 0.717) is 32.3 Å². The molecule has 8 rings (SSSR count). The number of ether oxygens (including phenoxy) is 3. The summed E-state index contributed by atoms with van der Waals surface area (Å²) in [6, 6.07) is 19.5. The SMILES string of the molecule is Brc1ccc2c(c1)C=NC2.Brc1ccc2c(cnn2[C@@H]2CCOC2)c1.Cc1ccc(S(=O)(=O)O[C@H]2CCOC2)cc1.O[C@H]1CCOC1. The zero-order chi connectivity index (χ0) is 33.2. The molecule has 0 saturated carbocycles. The predicted octanol–water partition coefficient (Wildman–Crippen LogP) is 6.40. The van der Waals surface area contributed by atoms with Gasteiger partial charge in [0, 0.05) is 46.8 Å². The van der Waals surface area contributed by atoms with E-state index in [9.17, 15) is 8.42 Å². The van der Waals surface area contributed by atoms with E-state index in [2.05, 4.69) is 77.0 Å². The summed E-state index contributed by atoms with van der Waals surface area (Å²) in [7, 11) is -3.64. The van der Waals surface area contributed by atoms with Crippen LogP contribution in [0, 0.1) is 6.92 Å². The number of rotatable bonds is 4. The molecule has 0 bridgehead atoms. The number of aliphatic imine (C=N–C) groups is 1. The zero-order valence-electron chi connectivity index (χ0n) is 26.1. The molecule has 3 atom stereocenters. The molecule has 0 aliphatic carbocycles. The van der Waals surface area contributed by atoms with Gasteiger partial charge in [0.1, 0.15) is 6.10 Å². The van der Waals surface area contributed by atoms with Crippen molar-refractivity contribution in [1.82, 2.24) is 9.78 Å². The normalized spacial score (nSPS) is 21.3. The number of hydrogen-bond donors (Lipinski definition) is 1. The van der Waals surface area contributed by atoms with Gasteiger partial charge < -0.3 is 19.3 Å². The molecule has 10 nitrogen and oxygen atoms in total. The highest BCUT2D eigenvalue weighted by molar-refractivity contribution is 9.10. The standard InChI is InChI=1S/C11H11BrN2O.C11H14O4S.C8H6BrN.C4H8O2/c12-9-1-2-11-8(5-9)6-13-14(11)10-3-4-15-7-10;1-9-2-4-11(5-3-9)16(12,13)15-10-6-7-14-8-10;9-8-2-1-6-4-10-5-7(6)3-8;5-4-1-2-6-3-4/h1-2,5-6,10H,3-4,7H2;2-5,10H,6-8H2,1H3;1-3,5H,4H2;4-5H,1-3H2/t2*10-;;4-/m10.0/s1. The number of aliphatic hydroxyl groups excluding tert-OH is 1. The average molecular weight is 794 g/mol. The number of benzene rings is 3. The molecular formula is C34H39Br2N3O7S. The van der Waals surface area contributed by atoms with Crippen molar-refractivity contribution in [2.75, 3.05) is 39.6 Å². The van der Waals surface area contributed by atoms with E-state index in [-0.39, 0.29) is 17.1 Å². The van der Waals surface area contributed by atoms with Crippen LogP contribution in [-0.2, 0) is 35.1 Å². The van der Waals surface area contributed by atoms with E-state index in [0.717, 1.165) is 53.7 Å². The summed E-state index contributed by atoms with van der Waals surface area (Å²) in [5.41, 5.74) is 4.77. The highest BCUT2D eigenvalue weighted by atomic mass is 79.9. The number of aromatic nitrogens is 2. The third-order valence-electron chi connectivity index (χ3n) is 7.78. The molecule has 5 heterocycles. The van der Waals surface area contributed by atoms with Gasteiger partial charge in [0.15, 0.2) is 0 Å². The second-order valence-electron chi connectivity index (χ2n) is 11.5. The molecule has 3 aromatic carbocycles. The highest BCUT2D eigenvalue weighted by Crippen LogP contribution is 2.26. The van der Waals surface area contributed by atoms with Crippen molar-refractivity contribution in [2.45, 2.75) is 55.9 Å². The van der Waals surface area contributed by atoms with Crippen molar-refractivity contribution in [2.24, 2.45) is 4.99 Å². The Hall–Kier alpha value is -2.49. The van der Waals surface area contributed by atoms with Crippen LogP contribution in [0.15, 0.2) is 85.7 Å². The molecule has 4 aromatic rings. The maximum atomic E-state index is 11.8. The summed E-state index contributed by atoms with van der Waals surface area (Å²) in [5.74, 6) is 0. The first-order valence-corrected chi connectivity index (χ1v) is 18.5. The van der Waals surface area contributed by atoms with Crippen molar-refractivity contribution < 1.29 is 31.9 Å². The zero-order valence-corrected chi connectivity index (χ0v) is 30.1. The number of hydrogen-bond acceptors (Lipinski definition) is 9. The minimum Gasteiger partial charge on any atom is -0.391 e. The number of aliphatic hydroxyl groups is 1. The van der Waals surface area contributed by atoms with Gasteiger partial charge in [0.2, 0.25) is 0 Å². The lowest BCUT2D eigenvalue weighted by molar-refractivity contribution is 0.127. The van der Waals surface area contributed by atoms with E-state index in [1.54, 1.807) is 24.3 Å². The third-order valence-corrected chi connectivity index (χ3v) is 10.1. The van der Waals surface area contributed by atoms with E-state index in [4.69, 9.17) is 23.5 Å². The van der Waals surface area contributed by atoms with Crippen LogP contribution in [0.3, 0.4) is 0 Å². The van der Waals surface area contributed by atoms with Gasteiger partial charge in [-0.15, -0.1) is 0 Å². The second kappa shape index (κ2) is 17.3. The molecule has 1 aromatic heterocycles. The van der Waals surface area contributed by atoms with Crippen molar-refractivity contribution >= 4 is 59.1 Å². The summed E-state index contributed by atoms with van der Waals surface area (Å²) in [6.45, 7) is 6.58. The Kier molecular flexibility index (Phi) is 13.1. The molecule has 47 heavy (non-hydrogen) atoms. The Labute approximate surface area is 292 Å². The van der Waals surface area contributed by atoms with Crippen molar-refractivity contribution in [3.63, 3.8) is 0 Å². The molecular weight excluding hydrogens is 754 g/mol.